The van der Waals surface area contributed by atoms with E-state index in [9.17, 15) is 0 Å². The van der Waals surface area contributed by atoms with Gasteiger partial charge in [-0.3, -0.25) is 0 Å². The van der Waals surface area contributed by atoms with Crippen LogP contribution in [0.15, 0.2) is 17.5 Å². The van der Waals surface area contributed by atoms with Crippen LogP contribution in [-0.2, 0) is 5.33 Å². The molecule has 0 amide bonds. The van der Waals surface area contributed by atoms with E-state index in [1.807, 2.05) is 13.0 Å². The Bertz CT molecular complexity index is 522. The van der Waals surface area contributed by atoms with Crippen molar-refractivity contribution in [1.82, 2.24) is 0 Å². The first-order chi connectivity index (χ1) is 6.76. The third-order valence-corrected chi connectivity index (χ3v) is 3.84. The molecule has 0 unspecified atom stereocenters. The molecule has 0 aliphatic rings. The van der Waals surface area contributed by atoms with Crippen LogP contribution in [0.1, 0.15) is 16.7 Å². The summed E-state index contributed by atoms with van der Waals surface area (Å²) in [5.41, 5.74) is 3.21. The van der Waals surface area contributed by atoms with E-state index in [0.29, 0.717) is 0 Å². The topological polar surface area (TPSA) is 23.8 Å². The Hall–Kier alpha value is -0.850. The number of nitrogens with zero attached hydrogens (tertiary/aromatic N) is 1. The summed E-state index contributed by atoms with van der Waals surface area (Å²) in [6, 6.07) is 6.33. The molecule has 0 aliphatic carbocycles. The standard InChI is InChI=1S/C11H8BrNS/c1-7-2-8(5-13)11-10(3-7)9(4-12)6-14-11/h2-3,6H,4H2,1H3. The van der Waals surface area contributed by atoms with Gasteiger partial charge in [0.05, 0.1) is 10.3 Å². The summed E-state index contributed by atoms with van der Waals surface area (Å²) >= 11 is 5.10. The van der Waals surface area contributed by atoms with Gasteiger partial charge in [-0.25, -0.2) is 0 Å². The Morgan fingerprint density at radius 2 is 2.29 bits per heavy atom. The van der Waals surface area contributed by atoms with Crippen molar-refractivity contribution >= 4 is 37.4 Å². The van der Waals surface area contributed by atoms with Gasteiger partial charge in [0.2, 0.25) is 0 Å². The Balaban J connectivity index is 2.85. The summed E-state index contributed by atoms with van der Waals surface area (Å²) in [4.78, 5) is 0. The van der Waals surface area contributed by atoms with Crippen molar-refractivity contribution in [2.24, 2.45) is 0 Å². The van der Waals surface area contributed by atoms with E-state index < -0.39 is 0 Å². The molecular formula is C11H8BrNS. The number of aryl methyl sites for hydroxylation is 1. The van der Waals surface area contributed by atoms with Gasteiger partial charge in [-0.05, 0) is 34.9 Å². The number of hydrogen-bond acceptors (Lipinski definition) is 2. The highest BCUT2D eigenvalue weighted by Crippen LogP contribution is 2.31. The number of alkyl halides is 1. The van der Waals surface area contributed by atoms with Crippen LogP contribution in [0.25, 0.3) is 10.1 Å². The third kappa shape index (κ3) is 1.45. The van der Waals surface area contributed by atoms with Gasteiger partial charge in [-0.2, -0.15) is 5.26 Å². The van der Waals surface area contributed by atoms with Crippen molar-refractivity contribution in [3.8, 4) is 6.07 Å². The Morgan fingerprint density at radius 1 is 1.50 bits per heavy atom. The lowest BCUT2D eigenvalue weighted by Crippen LogP contribution is -1.80. The molecule has 0 N–H and O–H groups in total. The minimum Gasteiger partial charge on any atom is -0.192 e. The van der Waals surface area contributed by atoms with Crippen LogP contribution in [0.3, 0.4) is 0 Å². The minimum atomic E-state index is 0.789. The van der Waals surface area contributed by atoms with E-state index in [4.69, 9.17) is 5.26 Å². The Labute approximate surface area is 95.1 Å². The molecule has 0 saturated heterocycles. The van der Waals surface area contributed by atoms with Crippen LogP contribution in [0.4, 0.5) is 0 Å². The van der Waals surface area contributed by atoms with Gasteiger partial charge in [0, 0.05) is 5.33 Å². The molecule has 0 atom stereocenters. The quantitative estimate of drug-likeness (QED) is 0.716. The molecule has 3 heteroatoms. The highest BCUT2D eigenvalue weighted by atomic mass is 79.9. The van der Waals surface area contributed by atoms with Crippen LogP contribution in [0.5, 0.6) is 0 Å². The monoisotopic (exact) mass is 265 g/mol. The average molecular weight is 266 g/mol. The van der Waals surface area contributed by atoms with Gasteiger partial charge in [-0.1, -0.05) is 22.0 Å². The first kappa shape index (κ1) is 9.70. The van der Waals surface area contributed by atoms with E-state index in [-0.39, 0.29) is 0 Å². The molecule has 0 bridgehead atoms. The lowest BCUT2D eigenvalue weighted by Gasteiger charge is -1.98. The molecule has 0 radical (unpaired) electrons. The van der Waals surface area contributed by atoms with Crippen LogP contribution in [0.2, 0.25) is 0 Å². The van der Waals surface area contributed by atoms with Crippen LogP contribution < -0.4 is 0 Å². The summed E-state index contributed by atoms with van der Waals surface area (Å²) in [5.74, 6) is 0. The molecule has 70 valence electrons. The molecule has 2 rings (SSSR count). The summed E-state index contributed by atoms with van der Waals surface area (Å²) in [5, 5.41) is 13.2. The largest absolute Gasteiger partial charge is 0.192 e. The zero-order chi connectivity index (χ0) is 10.1. The maximum Gasteiger partial charge on any atom is 0.101 e. The van der Waals surface area contributed by atoms with Gasteiger partial charge >= 0.3 is 0 Å². The number of thiophene rings is 1. The fourth-order valence-corrected chi connectivity index (χ4v) is 3.22. The first-order valence-corrected chi connectivity index (χ1v) is 6.23. The van der Waals surface area contributed by atoms with Crippen molar-refractivity contribution in [3.63, 3.8) is 0 Å². The smallest absolute Gasteiger partial charge is 0.101 e. The van der Waals surface area contributed by atoms with Gasteiger partial charge in [0.1, 0.15) is 6.07 Å². The van der Waals surface area contributed by atoms with Gasteiger partial charge in [0.15, 0.2) is 0 Å². The maximum absolute atomic E-state index is 8.99. The van der Waals surface area contributed by atoms with Gasteiger partial charge in [-0.15, -0.1) is 11.3 Å². The maximum atomic E-state index is 8.99. The van der Waals surface area contributed by atoms with Crippen LogP contribution in [0, 0.1) is 18.3 Å². The number of hydrogen-bond donors (Lipinski definition) is 0. The van der Waals surface area contributed by atoms with Crippen molar-refractivity contribution in [2.45, 2.75) is 12.3 Å². The number of nitriles is 1. The van der Waals surface area contributed by atoms with Crippen molar-refractivity contribution in [1.29, 1.82) is 5.26 Å². The zero-order valence-corrected chi connectivity index (χ0v) is 10.1. The van der Waals surface area contributed by atoms with Crippen LogP contribution in [-0.4, -0.2) is 0 Å². The summed E-state index contributed by atoms with van der Waals surface area (Å²) < 4.78 is 1.10. The number of fused-ring (bicyclic) bond motifs is 1. The molecule has 2 aromatic rings. The number of benzene rings is 1. The molecule has 1 aromatic carbocycles. The normalized spacial score (nSPS) is 10.4. The summed E-state index contributed by atoms with van der Waals surface area (Å²) in [6.07, 6.45) is 0. The molecule has 0 aliphatic heterocycles. The second kappa shape index (κ2) is 3.72. The van der Waals surface area contributed by atoms with Gasteiger partial charge < -0.3 is 0 Å². The van der Waals surface area contributed by atoms with Crippen molar-refractivity contribution in [3.05, 3.63) is 34.2 Å². The second-order valence-electron chi connectivity index (χ2n) is 3.20. The number of rotatable bonds is 1. The minimum absolute atomic E-state index is 0.789. The molecule has 0 saturated carbocycles. The van der Waals surface area contributed by atoms with Gasteiger partial charge in [0.25, 0.3) is 0 Å². The molecular weight excluding hydrogens is 258 g/mol. The Kier molecular flexibility index (Phi) is 2.58. The molecule has 0 fully saturated rings. The van der Waals surface area contributed by atoms with Crippen molar-refractivity contribution in [2.75, 3.05) is 0 Å². The first-order valence-electron chi connectivity index (χ1n) is 4.23. The lowest BCUT2D eigenvalue weighted by atomic mass is 10.1. The van der Waals surface area contributed by atoms with E-state index >= 15 is 0 Å². The summed E-state index contributed by atoms with van der Waals surface area (Å²) in [7, 11) is 0. The SMILES string of the molecule is Cc1cc(C#N)c2scc(CBr)c2c1. The molecule has 0 spiro atoms. The van der Waals surface area contributed by atoms with E-state index in [1.54, 1.807) is 11.3 Å². The van der Waals surface area contributed by atoms with E-state index in [1.165, 1.54) is 10.9 Å². The molecule has 14 heavy (non-hydrogen) atoms. The predicted octanol–water partition coefficient (Wildman–Crippen LogP) is 3.98. The highest BCUT2D eigenvalue weighted by Gasteiger charge is 2.07. The zero-order valence-electron chi connectivity index (χ0n) is 7.67. The highest BCUT2D eigenvalue weighted by molar-refractivity contribution is 9.08. The van der Waals surface area contributed by atoms with Crippen LogP contribution >= 0.6 is 27.3 Å². The predicted molar refractivity (Wildman–Crippen MR) is 63.9 cm³/mol. The Morgan fingerprint density at radius 3 is 2.93 bits per heavy atom. The third-order valence-electron chi connectivity index (χ3n) is 2.16. The lowest BCUT2D eigenvalue weighted by molar-refractivity contribution is 1.45. The molecule has 1 heterocycles. The molecule has 1 nitrogen and oxygen atoms in total. The van der Waals surface area contributed by atoms with Crippen molar-refractivity contribution < 1.29 is 0 Å². The molecule has 1 aromatic heterocycles. The second-order valence-corrected chi connectivity index (χ2v) is 4.64. The van der Waals surface area contributed by atoms with E-state index in [2.05, 4.69) is 33.4 Å². The fraction of sp³-hybridized carbons (Fsp3) is 0.182. The van der Waals surface area contributed by atoms with E-state index in [0.717, 1.165) is 21.2 Å². The number of halogens is 1. The fourth-order valence-electron chi connectivity index (χ4n) is 1.52. The summed E-state index contributed by atoms with van der Waals surface area (Å²) in [6.45, 7) is 2.02. The average Bonchev–Trinajstić information content (AvgIpc) is 2.59.